The van der Waals surface area contributed by atoms with Gasteiger partial charge in [-0.1, -0.05) is 19.1 Å². The van der Waals surface area contributed by atoms with Gasteiger partial charge in [0.25, 0.3) is 0 Å². The Bertz CT molecular complexity index is 1090. The molecule has 1 aliphatic carbocycles. The van der Waals surface area contributed by atoms with Gasteiger partial charge in [-0.15, -0.1) is 28.5 Å². The standard InChI is InChI=1S/C21H22F3N5O/c1-13-10-16-17(11-13)20(28-8-3-2-4-9-28)27-29-18(25-26-19(16)29)14-6-5-7-15(12-14)30-21(22,23)24/h5-7,12-13H,2-4,8-11H2,1H3. The number of fused-ring (bicyclic) bond motifs is 3. The maximum Gasteiger partial charge on any atom is 0.573 e. The van der Waals surface area contributed by atoms with Crippen LogP contribution in [0.15, 0.2) is 24.3 Å². The normalized spacial score (nSPS) is 19.3. The number of ether oxygens (including phenoxy) is 1. The highest BCUT2D eigenvalue weighted by atomic mass is 19.4. The van der Waals surface area contributed by atoms with Gasteiger partial charge in [0.1, 0.15) is 5.75 Å². The summed E-state index contributed by atoms with van der Waals surface area (Å²) in [5, 5.41) is 13.5. The van der Waals surface area contributed by atoms with Crippen LogP contribution >= 0.6 is 0 Å². The van der Waals surface area contributed by atoms with Crippen molar-refractivity contribution in [2.45, 2.75) is 45.4 Å². The van der Waals surface area contributed by atoms with Crippen LogP contribution in [0.3, 0.4) is 0 Å². The number of nitrogens with zero attached hydrogens (tertiary/aromatic N) is 5. The lowest BCUT2D eigenvalue weighted by Gasteiger charge is -2.29. The second-order valence-corrected chi connectivity index (χ2v) is 8.18. The van der Waals surface area contributed by atoms with Crippen LogP contribution in [-0.2, 0) is 12.8 Å². The molecule has 9 heteroatoms. The molecule has 6 nitrogen and oxygen atoms in total. The highest BCUT2D eigenvalue weighted by molar-refractivity contribution is 5.67. The summed E-state index contributed by atoms with van der Waals surface area (Å²) in [5.41, 5.74) is 3.56. The smallest absolute Gasteiger partial charge is 0.406 e. The number of halogens is 3. The van der Waals surface area contributed by atoms with Gasteiger partial charge in [-0.05, 0) is 50.2 Å². The van der Waals surface area contributed by atoms with Crippen molar-refractivity contribution in [1.29, 1.82) is 0 Å². The zero-order valence-corrected chi connectivity index (χ0v) is 16.6. The molecule has 1 unspecified atom stereocenters. The van der Waals surface area contributed by atoms with E-state index in [2.05, 4.69) is 26.8 Å². The predicted molar refractivity (Wildman–Crippen MR) is 106 cm³/mol. The van der Waals surface area contributed by atoms with E-state index in [0.717, 1.165) is 50.2 Å². The summed E-state index contributed by atoms with van der Waals surface area (Å²) in [6, 6.07) is 5.80. The van der Waals surface area contributed by atoms with Crippen molar-refractivity contribution >= 4 is 11.5 Å². The molecule has 1 fully saturated rings. The van der Waals surface area contributed by atoms with Crippen molar-refractivity contribution in [2.75, 3.05) is 18.0 Å². The molecule has 2 aliphatic rings. The average Bonchev–Trinajstić information content (AvgIpc) is 3.29. The predicted octanol–water partition coefficient (Wildman–Crippen LogP) is 4.41. The summed E-state index contributed by atoms with van der Waals surface area (Å²) in [7, 11) is 0. The fourth-order valence-electron chi connectivity index (χ4n) is 4.56. The SMILES string of the molecule is CC1Cc2c(N3CCCCC3)nn3c(-c4cccc(OC(F)(F)F)c4)nnc3c2C1. The van der Waals surface area contributed by atoms with Crippen molar-refractivity contribution in [3.8, 4) is 17.1 Å². The van der Waals surface area contributed by atoms with Crippen molar-refractivity contribution in [2.24, 2.45) is 5.92 Å². The largest absolute Gasteiger partial charge is 0.573 e. The van der Waals surface area contributed by atoms with Gasteiger partial charge in [0.2, 0.25) is 0 Å². The molecule has 0 amide bonds. The highest BCUT2D eigenvalue weighted by Crippen LogP contribution is 2.37. The van der Waals surface area contributed by atoms with Crippen molar-refractivity contribution in [1.82, 2.24) is 19.8 Å². The average molecular weight is 417 g/mol. The van der Waals surface area contributed by atoms with Gasteiger partial charge in [-0.2, -0.15) is 4.52 Å². The summed E-state index contributed by atoms with van der Waals surface area (Å²) in [4.78, 5) is 2.33. The maximum atomic E-state index is 12.6. The Morgan fingerprint density at radius 3 is 2.57 bits per heavy atom. The Hall–Kier alpha value is -2.84. The number of rotatable bonds is 3. The maximum absolute atomic E-state index is 12.6. The molecule has 5 rings (SSSR count). The second-order valence-electron chi connectivity index (χ2n) is 8.18. The fraction of sp³-hybridized carbons (Fsp3) is 0.476. The Balaban J connectivity index is 1.63. The monoisotopic (exact) mass is 417 g/mol. The van der Waals surface area contributed by atoms with Gasteiger partial charge in [0.05, 0.1) is 0 Å². The summed E-state index contributed by atoms with van der Waals surface area (Å²) in [5.74, 6) is 1.59. The first-order valence-electron chi connectivity index (χ1n) is 10.3. The first-order chi connectivity index (χ1) is 14.4. The van der Waals surface area contributed by atoms with Crippen LogP contribution in [0.2, 0.25) is 0 Å². The van der Waals surface area contributed by atoms with E-state index in [0.29, 0.717) is 23.0 Å². The van der Waals surface area contributed by atoms with E-state index in [1.807, 2.05) is 0 Å². The molecule has 1 aliphatic heterocycles. The number of hydrogen-bond donors (Lipinski definition) is 0. The molecule has 0 N–H and O–H groups in total. The molecule has 0 spiro atoms. The molecule has 2 aromatic heterocycles. The Labute approximate surface area is 171 Å². The van der Waals surface area contributed by atoms with Crippen molar-refractivity contribution in [3.05, 3.63) is 35.4 Å². The first-order valence-corrected chi connectivity index (χ1v) is 10.3. The van der Waals surface area contributed by atoms with Gasteiger partial charge in [0, 0.05) is 29.8 Å². The minimum Gasteiger partial charge on any atom is -0.406 e. The number of aromatic nitrogens is 4. The topological polar surface area (TPSA) is 55.6 Å². The number of benzene rings is 1. The van der Waals surface area contributed by atoms with Crippen LogP contribution in [0.5, 0.6) is 5.75 Å². The van der Waals surface area contributed by atoms with Crippen molar-refractivity contribution < 1.29 is 17.9 Å². The molecule has 0 radical (unpaired) electrons. The second kappa shape index (κ2) is 7.14. The molecule has 1 saturated heterocycles. The molecule has 3 aromatic rings. The zero-order chi connectivity index (χ0) is 20.9. The first kappa shape index (κ1) is 19.1. The van der Waals surface area contributed by atoms with Gasteiger partial charge in [-0.3, -0.25) is 0 Å². The quantitative estimate of drug-likeness (QED) is 0.632. The summed E-state index contributed by atoms with van der Waals surface area (Å²) < 4.78 is 43.7. The molecule has 0 saturated carbocycles. The highest BCUT2D eigenvalue weighted by Gasteiger charge is 2.32. The van der Waals surface area contributed by atoms with Crippen LogP contribution < -0.4 is 9.64 Å². The third-order valence-corrected chi connectivity index (χ3v) is 5.83. The van der Waals surface area contributed by atoms with E-state index in [-0.39, 0.29) is 5.75 Å². The molecule has 30 heavy (non-hydrogen) atoms. The van der Waals surface area contributed by atoms with Crippen LogP contribution in [0, 0.1) is 5.92 Å². The van der Waals surface area contributed by atoms with Gasteiger partial charge < -0.3 is 9.64 Å². The van der Waals surface area contributed by atoms with Gasteiger partial charge >= 0.3 is 6.36 Å². The summed E-state index contributed by atoms with van der Waals surface area (Å²) >= 11 is 0. The molecule has 158 valence electrons. The lowest BCUT2D eigenvalue weighted by molar-refractivity contribution is -0.274. The Morgan fingerprint density at radius 2 is 1.80 bits per heavy atom. The minimum absolute atomic E-state index is 0.289. The van der Waals surface area contributed by atoms with Crippen LogP contribution in [0.1, 0.15) is 37.3 Å². The van der Waals surface area contributed by atoms with E-state index in [4.69, 9.17) is 5.10 Å². The fourth-order valence-corrected chi connectivity index (χ4v) is 4.56. The van der Waals surface area contributed by atoms with Crippen molar-refractivity contribution in [3.63, 3.8) is 0 Å². The molecular formula is C21H22F3N5O. The Kier molecular flexibility index (Phi) is 4.56. The van der Waals surface area contributed by atoms with E-state index >= 15 is 0 Å². The molecule has 1 aromatic carbocycles. The third kappa shape index (κ3) is 3.46. The summed E-state index contributed by atoms with van der Waals surface area (Å²) in [6.07, 6.45) is 0.606. The molecular weight excluding hydrogens is 395 g/mol. The van der Waals surface area contributed by atoms with Gasteiger partial charge in [-0.25, -0.2) is 0 Å². The number of piperidine rings is 1. The zero-order valence-electron chi connectivity index (χ0n) is 16.6. The number of anilines is 1. The van der Waals surface area contributed by atoms with E-state index in [1.165, 1.54) is 30.2 Å². The molecule has 1 atom stereocenters. The van der Waals surface area contributed by atoms with E-state index in [1.54, 1.807) is 10.6 Å². The third-order valence-electron chi connectivity index (χ3n) is 5.83. The lowest BCUT2D eigenvalue weighted by Crippen LogP contribution is -2.31. The lowest BCUT2D eigenvalue weighted by atomic mass is 10.1. The molecule has 3 heterocycles. The van der Waals surface area contributed by atoms with Crippen LogP contribution in [-0.4, -0.2) is 39.3 Å². The van der Waals surface area contributed by atoms with Gasteiger partial charge in [0.15, 0.2) is 17.3 Å². The van der Waals surface area contributed by atoms with E-state index in [9.17, 15) is 13.2 Å². The van der Waals surface area contributed by atoms with E-state index < -0.39 is 6.36 Å². The van der Waals surface area contributed by atoms with Crippen LogP contribution in [0.4, 0.5) is 19.0 Å². The van der Waals surface area contributed by atoms with Crippen LogP contribution in [0.25, 0.3) is 17.0 Å². The molecule has 0 bridgehead atoms. The minimum atomic E-state index is -4.75. The Morgan fingerprint density at radius 1 is 1.03 bits per heavy atom. The summed E-state index contributed by atoms with van der Waals surface area (Å²) in [6.45, 7) is 4.14. The number of alkyl halides is 3. The number of hydrogen-bond acceptors (Lipinski definition) is 5.